The van der Waals surface area contributed by atoms with Gasteiger partial charge in [0.2, 0.25) is 17.7 Å². The molecule has 0 radical (unpaired) electrons. The number of rotatable bonds is 46. The Morgan fingerprint density at radius 1 is 0.449 bits per heavy atom. The second-order valence-corrected chi connectivity index (χ2v) is 32.2. The van der Waals surface area contributed by atoms with Gasteiger partial charge in [-0.2, -0.15) is 0 Å². The first-order chi connectivity index (χ1) is 45.8. The van der Waals surface area contributed by atoms with Crippen LogP contribution in [0.3, 0.4) is 0 Å². The zero-order chi connectivity index (χ0) is 73.9. The van der Waals surface area contributed by atoms with Crippen LogP contribution in [0.1, 0.15) is 174 Å². The number of amides is 4. The van der Waals surface area contributed by atoms with E-state index in [0.29, 0.717) is 50.1 Å². The van der Waals surface area contributed by atoms with E-state index in [1.807, 2.05) is 41.5 Å². The maximum absolute atomic E-state index is 17.1. The van der Waals surface area contributed by atoms with Crippen molar-refractivity contribution in [3.05, 3.63) is 29.8 Å². The van der Waals surface area contributed by atoms with Crippen LogP contribution >= 0.6 is 0 Å². The summed E-state index contributed by atoms with van der Waals surface area (Å²) in [5.74, 6) is -17.0. The molecule has 0 spiro atoms. The fourth-order valence-electron chi connectivity index (χ4n) is 12.1. The normalized spacial score (nSPS) is 15.7. The molecule has 1 saturated heterocycles. The molecule has 32 heteroatoms. The minimum atomic E-state index is -3.73. The number of hydrogen-bond donors (Lipinski definition) is 12. The van der Waals surface area contributed by atoms with E-state index in [2.05, 4.69) is 21.3 Å². The summed E-state index contributed by atoms with van der Waals surface area (Å²) in [6.07, 6.45) is 1.12. The third-order valence-electron chi connectivity index (χ3n) is 17.4. The van der Waals surface area contributed by atoms with Gasteiger partial charge < -0.3 is 66.2 Å². The summed E-state index contributed by atoms with van der Waals surface area (Å²) < 4.78 is 17.1. The van der Waals surface area contributed by atoms with Crippen molar-refractivity contribution < 1.29 is 112 Å². The van der Waals surface area contributed by atoms with E-state index < -0.39 is 178 Å². The number of carbonyl (C=O) groups is 14. The number of nitrogens with zero attached hydrogens (tertiary/aromatic N) is 4. The fourth-order valence-corrected chi connectivity index (χ4v) is 16.7. The molecule has 0 aromatic heterocycles. The molecule has 552 valence electrons. The number of aliphatic carboxylic acids is 8. The lowest BCUT2D eigenvalue weighted by atomic mass is 9.90. The number of carboxylic acid groups (broad SMARTS) is 8. The summed E-state index contributed by atoms with van der Waals surface area (Å²) in [6.45, 7) is 9.63. The van der Waals surface area contributed by atoms with Gasteiger partial charge in [0.1, 0.15) is 17.9 Å². The van der Waals surface area contributed by atoms with Gasteiger partial charge in [0.05, 0.1) is 37.4 Å². The molecule has 12 N–H and O–H groups in total. The van der Waals surface area contributed by atoms with Crippen LogP contribution in [0.5, 0.6) is 0 Å². The number of carboxylic acids is 8. The Labute approximate surface area is 572 Å². The highest BCUT2D eigenvalue weighted by molar-refractivity contribution is 6.90. The maximum atomic E-state index is 17.1. The molecule has 2 rings (SSSR count). The van der Waals surface area contributed by atoms with Gasteiger partial charge in [-0.15, -0.1) is 0 Å². The lowest BCUT2D eigenvalue weighted by Crippen LogP contribution is -2.57. The van der Waals surface area contributed by atoms with Crippen LogP contribution < -0.4 is 26.5 Å². The number of carbonyl (C=O) groups excluding carboxylic acids is 6. The van der Waals surface area contributed by atoms with E-state index in [1.54, 1.807) is 17.0 Å². The maximum Gasteiger partial charge on any atom is 0.320 e. The Morgan fingerprint density at radius 3 is 1.24 bits per heavy atom. The molecule has 0 bridgehead atoms. The summed E-state index contributed by atoms with van der Waals surface area (Å²) >= 11 is 0. The van der Waals surface area contributed by atoms with Crippen molar-refractivity contribution in [3.8, 4) is 0 Å². The minimum Gasteiger partial charge on any atom is -0.481 e. The summed E-state index contributed by atoms with van der Waals surface area (Å²) in [5, 5.41) is 87.3. The first kappa shape index (κ1) is 86.3. The van der Waals surface area contributed by atoms with Gasteiger partial charge in [-0.3, -0.25) is 86.7 Å². The van der Waals surface area contributed by atoms with Crippen molar-refractivity contribution in [2.45, 2.75) is 186 Å². The van der Waals surface area contributed by atoms with Crippen molar-refractivity contribution in [2.75, 3.05) is 91.6 Å². The number of Topliss-reactive ketones (excluding diaryl/α,β-unsaturated/α-hetero) is 2. The second-order valence-electron chi connectivity index (χ2n) is 27.3. The summed E-state index contributed by atoms with van der Waals surface area (Å²) in [6, 6.07) is 3.05. The van der Waals surface area contributed by atoms with Gasteiger partial charge in [-0.1, -0.05) is 79.4 Å². The van der Waals surface area contributed by atoms with Crippen LogP contribution in [-0.2, 0) is 62.3 Å². The Morgan fingerprint density at radius 2 is 0.857 bits per heavy atom. The molecule has 1 aromatic carbocycles. The smallest absolute Gasteiger partial charge is 0.320 e. The van der Waals surface area contributed by atoms with Crippen molar-refractivity contribution in [2.24, 2.45) is 17.8 Å². The van der Waals surface area contributed by atoms with Gasteiger partial charge in [0.25, 0.3) is 14.3 Å². The zero-order valence-electron chi connectivity index (χ0n) is 57.5. The average Bonchev–Trinajstić information content (AvgIpc) is 0.749. The van der Waals surface area contributed by atoms with E-state index >= 15 is 4.11 Å². The number of ketones is 2. The second kappa shape index (κ2) is 43.6. The topological polar surface area (TPSA) is 462 Å². The van der Waals surface area contributed by atoms with E-state index in [-0.39, 0.29) is 128 Å². The standard InChI is InChI=1S/C66H105FN8O22Si/c1-65(2,3)98(67,66(4,5)6)49-22-19-44(20-23-49)60(89)70-40-50(71-55(80)25-24-51(64(96)97)75-35-33-73(42-58(85)86)31-29-72(41-57(83)84)30-32-74(34-36-75)43-59(87)88)52(77)39-46(62(92)93)16-12-14-28-69-54(79)18-10-8-7-9-17-53(78)68-27-13-11-15-45(61(90)91)37-48(76)38-47(63(94)95)21-26-56(81)82/h19-20,22-23,45-47,50-51H,7-18,21,24-43H2,1-6H3,(H,68,78)(H,69,79)(H,70,89)(H,71,80)(H,81,82)(H,83,84)(H,85,86)(H,87,88)(H,90,91)(H,92,93)(H,94,95)(H,96,97)/t45-,46?,47-,50?,51?/m1/s1. The number of unbranched alkanes of at least 4 members (excludes halogenated alkanes) is 5. The molecule has 98 heavy (non-hydrogen) atoms. The van der Waals surface area contributed by atoms with Gasteiger partial charge in [-0.25, -0.2) is 0 Å². The highest BCUT2D eigenvalue weighted by Gasteiger charge is 2.56. The highest BCUT2D eigenvalue weighted by Crippen LogP contribution is 2.51. The summed E-state index contributed by atoms with van der Waals surface area (Å²) in [4.78, 5) is 180. The molecule has 1 aliphatic rings. The molecule has 3 unspecified atom stereocenters. The predicted molar refractivity (Wildman–Crippen MR) is 357 cm³/mol. The van der Waals surface area contributed by atoms with Crippen LogP contribution in [-0.4, -0.2) is 256 Å². The Bertz CT molecular complexity index is 2810. The van der Waals surface area contributed by atoms with E-state index in [1.165, 1.54) is 26.8 Å². The third kappa shape index (κ3) is 33.2. The summed E-state index contributed by atoms with van der Waals surface area (Å²) in [5.41, 5.74) is 0.0947. The molecule has 5 atom stereocenters. The lowest BCUT2D eigenvalue weighted by Gasteiger charge is -2.44. The van der Waals surface area contributed by atoms with Gasteiger partial charge in [0, 0.05) is 123 Å². The van der Waals surface area contributed by atoms with E-state index in [4.69, 9.17) is 5.11 Å². The molecule has 1 heterocycles. The van der Waals surface area contributed by atoms with Crippen LogP contribution in [0.15, 0.2) is 24.3 Å². The predicted octanol–water partition coefficient (Wildman–Crippen LogP) is 3.52. The Kier molecular flexibility index (Phi) is 38.3. The highest BCUT2D eigenvalue weighted by atomic mass is 28.4. The molecule has 30 nitrogen and oxygen atoms in total. The van der Waals surface area contributed by atoms with Crippen LogP contribution in [0.2, 0.25) is 10.1 Å². The summed E-state index contributed by atoms with van der Waals surface area (Å²) in [7, 11) is -3.73. The number of hydrogen-bond acceptors (Lipinski definition) is 18. The molecule has 1 aromatic rings. The minimum absolute atomic E-state index is 0.0198. The number of halogens is 1. The molecular formula is C66H105FN8O22Si. The van der Waals surface area contributed by atoms with Gasteiger partial charge >= 0.3 is 47.8 Å². The monoisotopic (exact) mass is 1410 g/mol. The largest absolute Gasteiger partial charge is 0.481 e. The molecule has 0 saturated carbocycles. The van der Waals surface area contributed by atoms with Crippen molar-refractivity contribution >= 4 is 96.5 Å². The SMILES string of the molecule is CC(C)(C)[Si](F)(c1ccc(C(=O)NCC(NC(=O)CCC(C(=O)O)N2CCN(CC(=O)O)CCN(CC(=O)O)CCN(CC(=O)O)CC2)C(=O)CC(CCCCNC(=O)CCCCCCC(=O)NCCCC[C@H](CC(=O)C[C@@H](CCC(=O)O)C(=O)O)C(=O)O)C(=O)O)cc1)C(C)(C)C. The number of benzene rings is 1. The zero-order valence-corrected chi connectivity index (χ0v) is 58.5. The quantitative estimate of drug-likeness (QED) is 0.0252. The molecule has 1 aliphatic heterocycles. The van der Waals surface area contributed by atoms with Crippen LogP contribution in [0.4, 0.5) is 4.11 Å². The number of nitrogens with one attached hydrogen (secondary N) is 4. The van der Waals surface area contributed by atoms with Crippen LogP contribution in [0, 0.1) is 17.8 Å². The molecular weight excluding hydrogens is 1300 g/mol. The fraction of sp³-hybridized carbons (Fsp3) is 0.697. The Hall–Kier alpha value is -7.81. The molecule has 0 aliphatic carbocycles. The van der Waals surface area contributed by atoms with Crippen LogP contribution in [0.25, 0.3) is 0 Å². The van der Waals surface area contributed by atoms with Gasteiger partial charge in [0.15, 0.2) is 5.78 Å². The first-order valence-electron chi connectivity index (χ1n) is 33.5. The average molecular weight is 1410 g/mol. The van der Waals surface area contributed by atoms with Crippen molar-refractivity contribution in [1.82, 2.24) is 40.9 Å². The van der Waals surface area contributed by atoms with E-state index in [9.17, 15) is 103 Å². The van der Waals surface area contributed by atoms with Crippen molar-refractivity contribution in [3.63, 3.8) is 0 Å². The molecule has 4 amide bonds. The molecule has 1 fully saturated rings. The van der Waals surface area contributed by atoms with Gasteiger partial charge in [-0.05, 0) is 78.8 Å². The van der Waals surface area contributed by atoms with E-state index in [0.717, 1.165) is 0 Å². The lowest BCUT2D eigenvalue weighted by molar-refractivity contribution is -0.146. The van der Waals surface area contributed by atoms with Crippen molar-refractivity contribution in [1.29, 1.82) is 0 Å². The first-order valence-corrected chi connectivity index (χ1v) is 35.4. The Balaban J connectivity index is 2.09. The third-order valence-corrected chi connectivity index (χ3v) is 22.7.